The SMILES string of the molecule is C=C/C(=C\C=C/C)c1nc(NC)c2cc(-c3cccc(CO)c3)ccc2n1. The maximum atomic E-state index is 9.38. The third kappa shape index (κ3) is 3.96. The van der Waals surface area contributed by atoms with Crippen LogP contribution in [-0.4, -0.2) is 22.1 Å². The molecule has 0 amide bonds. The molecule has 0 saturated heterocycles. The molecule has 0 aliphatic rings. The zero-order valence-electron chi connectivity index (χ0n) is 15.6. The van der Waals surface area contributed by atoms with Crippen molar-refractivity contribution in [3.8, 4) is 11.1 Å². The van der Waals surface area contributed by atoms with Crippen molar-refractivity contribution in [3.05, 3.63) is 84.7 Å². The van der Waals surface area contributed by atoms with Gasteiger partial charge in [-0.05, 0) is 41.8 Å². The minimum absolute atomic E-state index is 0.0263. The third-order valence-electron chi connectivity index (χ3n) is 4.32. The minimum atomic E-state index is 0.0263. The van der Waals surface area contributed by atoms with Crippen molar-refractivity contribution in [1.82, 2.24) is 9.97 Å². The monoisotopic (exact) mass is 357 g/mol. The maximum Gasteiger partial charge on any atom is 0.162 e. The van der Waals surface area contributed by atoms with Gasteiger partial charge in [0, 0.05) is 18.0 Å². The van der Waals surface area contributed by atoms with E-state index in [0.29, 0.717) is 5.82 Å². The van der Waals surface area contributed by atoms with E-state index in [4.69, 9.17) is 4.98 Å². The highest BCUT2D eigenvalue weighted by atomic mass is 16.3. The van der Waals surface area contributed by atoms with Crippen molar-refractivity contribution in [2.75, 3.05) is 12.4 Å². The predicted octanol–water partition coefficient (Wildman–Crippen LogP) is 4.98. The Morgan fingerprint density at radius 2 is 1.96 bits per heavy atom. The first-order chi connectivity index (χ1) is 13.2. The summed E-state index contributed by atoms with van der Waals surface area (Å²) >= 11 is 0. The van der Waals surface area contributed by atoms with Crippen molar-refractivity contribution in [2.24, 2.45) is 0 Å². The van der Waals surface area contributed by atoms with Crippen LogP contribution in [0.3, 0.4) is 0 Å². The summed E-state index contributed by atoms with van der Waals surface area (Å²) in [6.45, 7) is 5.86. The third-order valence-corrected chi connectivity index (χ3v) is 4.32. The smallest absolute Gasteiger partial charge is 0.162 e. The first-order valence-corrected chi connectivity index (χ1v) is 8.85. The van der Waals surface area contributed by atoms with Crippen LogP contribution in [0.25, 0.3) is 27.6 Å². The Kier molecular flexibility index (Phi) is 5.79. The molecule has 0 saturated carbocycles. The number of fused-ring (bicyclic) bond motifs is 1. The van der Waals surface area contributed by atoms with Crippen molar-refractivity contribution in [1.29, 1.82) is 0 Å². The summed E-state index contributed by atoms with van der Waals surface area (Å²) in [6.07, 6.45) is 7.61. The van der Waals surface area contributed by atoms with Gasteiger partial charge >= 0.3 is 0 Å². The minimum Gasteiger partial charge on any atom is -0.392 e. The van der Waals surface area contributed by atoms with Gasteiger partial charge in [-0.1, -0.05) is 55.1 Å². The Morgan fingerprint density at radius 1 is 1.15 bits per heavy atom. The molecule has 0 unspecified atom stereocenters. The lowest BCUT2D eigenvalue weighted by molar-refractivity contribution is 0.282. The maximum absolute atomic E-state index is 9.38. The number of hydrogen-bond acceptors (Lipinski definition) is 4. The number of allylic oxidation sites excluding steroid dienone is 5. The van der Waals surface area contributed by atoms with Gasteiger partial charge in [-0.25, -0.2) is 9.97 Å². The van der Waals surface area contributed by atoms with Gasteiger partial charge in [-0.15, -0.1) is 0 Å². The van der Waals surface area contributed by atoms with E-state index in [2.05, 4.69) is 22.9 Å². The Bertz CT molecular complexity index is 1030. The standard InChI is InChI=1S/C23H23N3O/c1-4-6-9-17(5-2)22-25-21-12-11-19(14-20(21)23(24-3)26-22)18-10-7-8-16(13-18)15-27/h4-14,27H,2,15H2,1,3H3,(H,24,25,26)/b6-4-,17-9+. The molecular weight excluding hydrogens is 334 g/mol. The fraction of sp³-hybridized carbons (Fsp3) is 0.130. The second-order valence-corrected chi connectivity index (χ2v) is 6.09. The molecule has 4 heteroatoms. The zero-order valence-corrected chi connectivity index (χ0v) is 15.6. The summed E-state index contributed by atoms with van der Waals surface area (Å²) < 4.78 is 0. The molecule has 0 atom stereocenters. The molecule has 0 aliphatic carbocycles. The number of hydrogen-bond donors (Lipinski definition) is 2. The average Bonchev–Trinajstić information content (AvgIpc) is 2.73. The van der Waals surface area contributed by atoms with Crippen LogP contribution in [-0.2, 0) is 6.61 Å². The largest absolute Gasteiger partial charge is 0.392 e. The van der Waals surface area contributed by atoms with E-state index in [1.807, 2.05) is 68.6 Å². The lowest BCUT2D eigenvalue weighted by Gasteiger charge is -2.11. The highest BCUT2D eigenvalue weighted by Crippen LogP contribution is 2.29. The van der Waals surface area contributed by atoms with Gasteiger partial charge in [-0.3, -0.25) is 0 Å². The lowest BCUT2D eigenvalue weighted by Crippen LogP contribution is -2.01. The van der Waals surface area contributed by atoms with Crippen molar-refractivity contribution in [2.45, 2.75) is 13.5 Å². The van der Waals surface area contributed by atoms with Gasteiger partial charge in [0.05, 0.1) is 12.1 Å². The number of aromatic nitrogens is 2. The Labute approximate surface area is 159 Å². The molecule has 0 bridgehead atoms. The van der Waals surface area contributed by atoms with Crippen molar-refractivity contribution >= 4 is 22.3 Å². The summed E-state index contributed by atoms with van der Waals surface area (Å²) in [5.74, 6) is 1.40. The molecule has 0 aliphatic heterocycles. The number of aliphatic hydroxyl groups is 1. The van der Waals surface area contributed by atoms with Crippen LogP contribution in [0, 0.1) is 0 Å². The molecule has 4 nitrogen and oxygen atoms in total. The Balaban J connectivity index is 2.14. The lowest BCUT2D eigenvalue weighted by atomic mass is 10.0. The van der Waals surface area contributed by atoms with Crippen molar-refractivity contribution in [3.63, 3.8) is 0 Å². The second kappa shape index (κ2) is 8.43. The molecule has 3 aromatic rings. The molecule has 0 spiro atoms. The van der Waals surface area contributed by atoms with Gasteiger partial charge < -0.3 is 10.4 Å². The van der Waals surface area contributed by atoms with Gasteiger partial charge in [-0.2, -0.15) is 0 Å². The van der Waals surface area contributed by atoms with Gasteiger partial charge in [0.15, 0.2) is 5.82 Å². The van der Waals surface area contributed by atoms with Crippen LogP contribution in [0.4, 0.5) is 5.82 Å². The van der Waals surface area contributed by atoms with E-state index in [-0.39, 0.29) is 6.61 Å². The number of aliphatic hydroxyl groups excluding tert-OH is 1. The number of rotatable bonds is 6. The molecule has 2 N–H and O–H groups in total. The van der Waals surface area contributed by atoms with E-state index < -0.39 is 0 Å². The zero-order chi connectivity index (χ0) is 19.2. The molecule has 3 rings (SSSR count). The topological polar surface area (TPSA) is 58.0 Å². The second-order valence-electron chi connectivity index (χ2n) is 6.09. The summed E-state index contributed by atoms with van der Waals surface area (Å²) in [5, 5.41) is 13.5. The van der Waals surface area contributed by atoms with Gasteiger partial charge in [0.2, 0.25) is 0 Å². The fourth-order valence-corrected chi connectivity index (χ4v) is 2.91. The average molecular weight is 357 g/mol. The molecule has 27 heavy (non-hydrogen) atoms. The summed E-state index contributed by atoms with van der Waals surface area (Å²) in [4.78, 5) is 9.39. The van der Waals surface area contributed by atoms with E-state index in [0.717, 1.165) is 39.0 Å². The van der Waals surface area contributed by atoms with E-state index >= 15 is 0 Å². The van der Waals surface area contributed by atoms with Crippen LogP contribution in [0.15, 0.2) is 73.3 Å². The van der Waals surface area contributed by atoms with Gasteiger partial charge in [0.25, 0.3) is 0 Å². The molecular formula is C23H23N3O. The summed E-state index contributed by atoms with van der Waals surface area (Å²) in [7, 11) is 1.86. The summed E-state index contributed by atoms with van der Waals surface area (Å²) in [6, 6.07) is 14.0. The number of benzene rings is 2. The highest BCUT2D eigenvalue weighted by Gasteiger charge is 2.10. The van der Waals surface area contributed by atoms with Crippen LogP contribution in [0.5, 0.6) is 0 Å². The normalized spacial score (nSPS) is 11.9. The van der Waals surface area contributed by atoms with Crippen LogP contribution in [0.1, 0.15) is 18.3 Å². The van der Waals surface area contributed by atoms with E-state index in [9.17, 15) is 5.11 Å². The Hall–Kier alpha value is -3.24. The number of anilines is 1. The highest BCUT2D eigenvalue weighted by molar-refractivity contribution is 5.94. The Morgan fingerprint density at radius 3 is 2.67 bits per heavy atom. The van der Waals surface area contributed by atoms with Crippen LogP contribution in [0.2, 0.25) is 0 Å². The van der Waals surface area contributed by atoms with Gasteiger partial charge in [0.1, 0.15) is 5.82 Å². The van der Waals surface area contributed by atoms with Crippen molar-refractivity contribution < 1.29 is 5.11 Å². The first kappa shape index (κ1) is 18.5. The molecule has 0 fully saturated rings. The van der Waals surface area contributed by atoms with E-state index in [1.165, 1.54) is 0 Å². The first-order valence-electron chi connectivity index (χ1n) is 8.85. The number of nitrogens with one attached hydrogen (secondary N) is 1. The molecule has 136 valence electrons. The predicted molar refractivity (Wildman–Crippen MR) is 113 cm³/mol. The molecule has 1 heterocycles. The van der Waals surface area contributed by atoms with Crippen LogP contribution >= 0.6 is 0 Å². The quantitative estimate of drug-likeness (QED) is 0.611. The fourth-order valence-electron chi connectivity index (χ4n) is 2.91. The van der Waals surface area contributed by atoms with E-state index in [1.54, 1.807) is 6.08 Å². The summed E-state index contributed by atoms with van der Waals surface area (Å²) in [5.41, 5.74) is 4.72. The van der Waals surface area contributed by atoms with Crippen LogP contribution < -0.4 is 5.32 Å². The molecule has 0 radical (unpaired) electrons. The molecule has 1 aromatic heterocycles. The number of nitrogens with zero attached hydrogens (tertiary/aromatic N) is 2. The molecule has 2 aromatic carbocycles.